The van der Waals surface area contributed by atoms with E-state index in [9.17, 15) is 12.8 Å². The summed E-state index contributed by atoms with van der Waals surface area (Å²) in [5.41, 5.74) is 3.53. The van der Waals surface area contributed by atoms with Gasteiger partial charge in [0.05, 0.1) is 17.1 Å². The zero-order chi connectivity index (χ0) is 18.7. The number of rotatable bonds is 5. The molecule has 0 heterocycles. The molecule has 0 amide bonds. The van der Waals surface area contributed by atoms with Crippen molar-refractivity contribution in [2.45, 2.75) is 25.3 Å². The van der Waals surface area contributed by atoms with Crippen molar-refractivity contribution in [1.29, 1.82) is 0 Å². The largest absolute Gasteiger partial charge is 0.264 e. The van der Waals surface area contributed by atoms with Crippen LogP contribution in [0.25, 0.3) is 0 Å². The number of aryl methyl sites for hydroxylation is 2. The monoisotopic (exact) mass is 369 g/mol. The lowest BCUT2D eigenvalue weighted by atomic mass is 10.1. The second kappa shape index (κ2) is 7.30. The first-order valence-electron chi connectivity index (χ1n) is 8.27. The normalized spacial score (nSPS) is 11.3. The molecule has 3 rings (SSSR count). The Labute approximate surface area is 153 Å². The van der Waals surface area contributed by atoms with E-state index in [2.05, 4.69) is 0 Å². The third-order valence-electron chi connectivity index (χ3n) is 4.15. The third-order valence-corrected chi connectivity index (χ3v) is 5.92. The lowest BCUT2D eigenvalue weighted by Gasteiger charge is -2.25. The summed E-state index contributed by atoms with van der Waals surface area (Å²) in [6, 6.07) is 20.0. The smallest absolute Gasteiger partial charge is 0.262 e. The van der Waals surface area contributed by atoms with Gasteiger partial charge in [-0.3, -0.25) is 4.31 Å². The first kappa shape index (κ1) is 18.1. The van der Waals surface area contributed by atoms with Crippen LogP contribution in [0.5, 0.6) is 0 Å². The minimum atomic E-state index is -3.90. The number of sulfonamides is 1. The fourth-order valence-electron chi connectivity index (χ4n) is 2.64. The summed E-state index contributed by atoms with van der Waals surface area (Å²) in [6.45, 7) is 4.09. The molecule has 3 nitrogen and oxygen atoms in total. The van der Waals surface area contributed by atoms with Crippen LogP contribution < -0.4 is 4.31 Å². The van der Waals surface area contributed by atoms with Crippen molar-refractivity contribution < 1.29 is 12.8 Å². The molecular weight excluding hydrogens is 349 g/mol. The number of anilines is 1. The zero-order valence-corrected chi connectivity index (χ0v) is 15.5. The number of benzene rings is 3. The summed E-state index contributed by atoms with van der Waals surface area (Å²) in [6.07, 6.45) is 0. The Hall–Kier alpha value is -2.66. The van der Waals surface area contributed by atoms with Gasteiger partial charge in [0.25, 0.3) is 10.0 Å². The van der Waals surface area contributed by atoms with E-state index in [1.807, 2.05) is 50.2 Å². The zero-order valence-electron chi connectivity index (χ0n) is 14.7. The molecule has 0 bridgehead atoms. The van der Waals surface area contributed by atoms with E-state index in [1.54, 1.807) is 12.1 Å². The van der Waals surface area contributed by atoms with Crippen molar-refractivity contribution in [1.82, 2.24) is 0 Å². The van der Waals surface area contributed by atoms with Crippen molar-refractivity contribution in [3.05, 3.63) is 95.3 Å². The van der Waals surface area contributed by atoms with Gasteiger partial charge >= 0.3 is 0 Å². The molecule has 0 unspecified atom stereocenters. The van der Waals surface area contributed by atoms with Gasteiger partial charge in [-0.1, -0.05) is 53.6 Å². The van der Waals surface area contributed by atoms with E-state index in [4.69, 9.17) is 0 Å². The maximum atomic E-state index is 13.6. The van der Waals surface area contributed by atoms with Crippen LogP contribution in [0.1, 0.15) is 16.7 Å². The Bertz CT molecular complexity index is 997. The van der Waals surface area contributed by atoms with Crippen molar-refractivity contribution in [2.24, 2.45) is 0 Å². The van der Waals surface area contributed by atoms with E-state index >= 15 is 0 Å². The lowest BCUT2D eigenvalue weighted by molar-refractivity contribution is 0.585. The molecule has 0 radical (unpaired) electrons. The second-order valence-electron chi connectivity index (χ2n) is 6.29. The highest BCUT2D eigenvalue weighted by Gasteiger charge is 2.25. The summed E-state index contributed by atoms with van der Waals surface area (Å²) in [4.78, 5) is -0.0646. The van der Waals surface area contributed by atoms with E-state index in [-0.39, 0.29) is 11.4 Å². The predicted molar refractivity (Wildman–Crippen MR) is 102 cm³/mol. The Morgan fingerprint density at radius 1 is 0.846 bits per heavy atom. The molecule has 0 atom stereocenters. The van der Waals surface area contributed by atoms with Crippen LogP contribution in [0.4, 0.5) is 10.1 Å². The SMILES string of the molecule is Cc1ccc(CN(c2ccc(C)cc2)S(=O)(=O)c2cccc(F)c2)cc1. The summed E-state index contributed by atoms with van der Waals surface area (Å²) in [7, 11) is -3.90. The fourth-order valence-corrected chi connectivity index (χ4v) is 4.12. The molecule has 0 saturated carbocycles. The summed E-state index contributed by atoms with van der Waals surface area (Å²) < 4.78 is 41.3. The average Bonchev–Trinajstić information content (AvgIpc) is 2.62. The number of nitrogens with zero attached hydrogens (tertiary/aromatic N) is 1. The molecule has 3 aromatic rings. The van der Waals surface area contributed by atoms with E-state index < -0.39 is 15.8 Å². The Morgan fingerprint density at radius 3 is 2.00 bits per heavy atom. The summed E-state index contributed by atoms with van der Waals surface area (Å²) >= 11 is 0. The van der Waals surface area contributed by atoms with Gasteiger partial charge < -0.3 is 0 Å². The Morgan fingerprint density at radius 2 is 1.42 bits per heavy atom. The molecule has 26 heavy (non-hydrogen) atoms. The molecule has 0 fully saturated rings. The molecule has 0 aliphatic carbocycles. The average molecular weight is 369 g/mol. The van der Waals surface area contributed by atoms with Gasteiger partial charge in [0.2, 0.25) is 0 Å². The molecule has 0 saturated heterocycles. The third kappa shape index (κ3) is 3.94. The van der Waals surface area contributed by atoms with Crippen molar-refractivity contribution in [3.8, 4) is 0 Å². The standard InChI is InChI=1S/C21H20FNO2S/c1-16-6-10-18(11-7-16)15-23(20-12-8-17(2)9-13-20)26(24,25)21-5-3-4-19(22)14-21/h3-14H,15H2,1-2H3. The van der Waals surface area contributed by atoms with Crippen LogP contribution in [-0.2, 0) is 16.6 Å². The van der Waals surface area contributed by atoms with Crippen LogP contribution in [0.15, 0.2) is 77.7 Å². The Balaban J connectivity index is 2.07. The first-order chi connectivity index (χ1) is 12.4. The van der Waals surface area contributed by atoms with Crippen LogP contribution in [-0.4, -0.2) is 8.42 Å². The van der Waals surface area contributed by atoms with E-state index in [0.717, 1.165) is 22.8 Å². The lowest BCUT2D eigenvalue weighted by Crippen LogP contribution is -2.30. The van der Waals surface area contributed by atoms with Crippen molar-refractivity contribution >= 4 is 15.7 Å². The molecular formula is C21H20FNO2S. The fraction of sp³-hybridized carbons (Fsp3) is 0.143. The minimum absolute atomic E-state index is 0.0646. The van der Waals surface area contributed by atoms with Crippen LogP contribution in [0.3, 0.4) is 0 Å². The molecule has 5 heteroatoms. The van der Waals surface area contributed by atoms with Crippen molar-refractivity contribution in [3.63, 3.8) is 0 Å². The maximum Gasteiger partial charge on any atom is 0.264 e. The molecule has 3 aromatic carbocycles. The highest BCUT2D eigenvalue weighted by atomic mass is 32.2. The topological polar surface area (TPSA) is 37.4 Å². The molecule has 0 spiro atoms. The predicted octanol–water partition coefficient (Wildman–Crippen LogP) is 4.84. The van der Waals surface area contributed by atoms with Gasteiger partial charge in [-0.25, -0.2) is 12.8 Å². The number of hydrogen-bond donors (Lipinski definition) is 0. The second-order valence-corrected chi connectivity index (χ2v) is 8.15. The van der Waals surface area contributed by atoms with Crippen LogP contribution >= 0.6 is 0 Å². The van der Waals surface area contributed by atoms with Crippen molar-refractivity contribution in [2.75, 3.05) is 4.31 Å². The summed E-state index contributed by atoms with van der Waals surface area (Å²) in [5.74, 6) is -0.578. The van der Waals surface area contributed by atoms with E-state index in [1.165, 1.54) is 22.5 Å². The van der Waals surface area contributed by atoms with Gasteiger partial charge in [-0.2, -0.15) is 0 Å². The van der Waals surface area contributed by atoms with Crippen LogP contribution in [0.2, 0.25) is 0 Å². The van der Waals surface area contributed by atoms with E-state index in [0.29, 0.717) is 5.69 Å². The number of hydrogen-bond acceptors (Lipinski definition) is 2. The molecule has 0 aliphatic heterocycles. The highest BCUT2D eigenvalue weighted by molar-refractivity contribution is 7.92. The maximum absolute atomic E-state index is 13.6. The summed E-state index contributed by atoms with van der Waals surface area (Å²) in [5, 5.41) is 0. The van der Waals surface area contributed by atoms with Crippen LogP contribution in [0, 0.1) is 19.7 Å². The molecule has 134 valence electrons. The highest BCUT2D eigenvalue weighted by Crippen LogP contribution is 2.26. The molecule has 0 aromatic heterocycles. The van der Waals surface area contributed by atoms with Gasteiger partial charge in [0, 0.05) is 0 Å². The van der Waals surface area contributed by atoms with Gasteiger partial charge in [-0.15, -0.1) is 0 Å². The molecule has 0 aliphatic rings. The molecule has 0 N–H and O–H groups in total. The Kier molecular flexibility index (Phi) is 5.09. The minimum Gasteiger partial charge on any atom is -0.262 e. The number of halogens is 1. The quantitative estimate of drug-likeness (QED) is 0.645. The van der Waals surface area contributed by atoms with Gasteiger partial charge in [-0.05, 0) is 49.7 Å². The van der Waals surface area contributed by atoms with Gasteiger partial charge in [0.1, 0.15) is 5.82 Å². The first-order valence-corrected chi connectivity index (χ1v) is 9.71. The van der Waals surface area contributed by atoms with Gasteiger partial charge in [0.15, 0.2) is 0 Å².